The molecular formula is C47H60Cl2N10O4. The van der Waals surface area contributed by atoms with Crippen molar-refractivity contribution < 1.29 is 19.1 Å². The second-order valence-electron chi connectivity index (χ2n) is 19.7. The number of carbonyl (C=O) groups is 3. The lowest BCUT2D eigenvalue weighted by atomic mass is 9.97. The van der Waals surface area contributed by atoms with Gasteiger partial charge < -0.3 is 25.6 Å². The Bertz CT molecular complexity index is 2240. The largest absolute Gasteiger partial charge is 0.444 e. The van der Waals surface area contributed by atoms with Crippen LogP contribution in [-0.4, -0.2) is 96.7 Å². The highest BCUT2D eigenvalue weighted by Crippen LogP contribution is 2.63. The molecule has 2 saturated heterocycles. The number of aromatic nitrogens is 6. The van der Waals surface area contributed by atoms with Gasteiger partial charge in [-0.05, 0) is 143 Å². The van der Waals surface area contributed by atoms with E-state index >= 15 is 0 Å². The highest BCUT2D eigenvalue weighted by atomic mass is 35.5. The SMILES string of the molecule is CCC(NC(=O)c1ccc(Cl)cc1)C1[C@H]2CC(n3cc(C4CN(C(=O)OC(C)(C)C)C4)nn3)C[C@@H]12.CCC(NC(=O)c1ccc(Cl)cc1)C1[C@H]2CC(n3cc(C4CNC4)nn3)C[C@@H]12. The molecule has 0 radical (unpaired) electrons. The van der Waals surface area contributed by atoms with Crippen LogP contribution < -0.4 is 16.0 Å². The fourth-order valence-corrected chi connectivity index (χ4v) is 11.2. The Labute approximate surface area is 379 Å². The minimum absolute atomic E-state index is 0.0000612. The molecule has 4 aromatic rings. The molecule has 14 nitrogen and oxygen atoms in total. The van der Waals surface area contributed by atoms with Crippen LogP contribution in [0.15, 0.2) is 60.9 Å². The molecule has 10 rings (SSSR count). The highest BCUT2D eigenvalue weighted by molar-refractivity contribution is 6.31. The van der Waals surface area contributed by atoms with Crippen LogP contribution in [0.5, 0.6) is 0 Å². The van der Waals surface area contributed by atoms with Gasteiger partial charge in [0.2, 0.25) is 0 Å². The van der Waals surface area contributed by atoms with Crippen LogP contribution >= 0.6 is 23.2 Å². The number of halogens is 2. The van der Waals surface area contributed by atoms with E-state index in [4.69, 9.17) is 27.9 Å². The van der Waals surface area contributed by atoms with Crippen molar-refractivity contribution in [3.05, 3.63) is 93.5 Å². The van der Waals surface area contributed by atoms with Crippen molar-refractivity contribution in [2.75, 3.05) is 26.2 Å². The van der Waals surface area contributed by atoms with Crippen LogP contribution in [0.4, 0.5) is 4.79 Å². The topological polar surface area (TPSA) is 161 Å². The maximum Gasteiger partial charge on any atom is 0.410 e. The van der Waals surface area contributed by atoms with Crippen LogP contribution in [0.25, 0.3) is 0 Å². The second kappa shape index (κ2) is 17.8. The first-order valence-corrected chi connectivity index (χ1v) is 23.7. The lowest BCUT2D eigenvalue weighted by Crippen LogP contribution is -2.50. The van der Waals surface area contributed by atoms with Crippen LogP contribution in [0.3, 0.4) is 0 Å². The first-order valence-electron chi connectivity index (χ1n) is 22.9. The Balaban J connectivity index is 0.000000164. The molecule has 2 aromatic heterocycles. The second-order valence-corrected chi connectivity index (χ2v) is 20.6. The number of nitrogens with zero attached hydrogens (tertiary/aromatic N) is 7. The first-order chi connectivity index (χ1) is 30.3. The van der Waals surface area contributed by atoms with Gasteiger partial charge in [-0.3, -0.25) is 9.59 Å². The van der Waals surface area contributed by atoms with Crippen molar-refractivity contribution in [1.82, 2.24) is 50.8 Å². The van der Waals surface area contributed by atoms with Gasteiger partial charge in [0.25, 0.3) is 11.8 Å². The number of rotatable bonds is 12. The maximum atomic E-state index is 12.7. The molecule has 16 heteroatoms. The van der Waals surface area contributed by atoms with E-state index in [0.717, 1.165) is 63.0 Å². The Hall–Kier alpha value is -4.53. The summed E-state index contributed by atoms with van der Waals surface area (Å²) in [5, 5.41) is 28.7. The standard InChI is InChI=1S/C26H34ClN5O3.C21H26ClN5O/c1-5-21(28-24(33)15-6-8-17(27)9-7-15)23-19-10-18(11-20(19)23)32-14-22(29-30-32)16-12-31(13-16)25(34)35-26(2,3)4;1-2-18(24-21(28)12-3-5-14(22)6-4-12)20-16-7-15(8-17(16)20)27-11-19(25-26-27)13-9-23-10-13/h6-9,14,16,18-21,23H,5,10-13H2,1-4H3,(H,28,33);3-6,11,13,15-18,20,23H,2,7-10H2,1H3,(H,24,28)/t18?,19-,20+,21?,23?;15?,16-,17+,18?,20?. The molecule has 2 aromatic carbocycles. The molecule has 336 valence electrons. The normalized spacial score (nSPS) is 28.0. The molecule has 6 unspecified atom stereocenters. The van der Waals surface area contributed by atoms with Gasteiger partial charge in [-0.15, -0.1) is 10.2 Å². The molecule has 4 heterocycles. The molecule has 2 aliphatic heterocycles. The van der Waals surface area contributed by atoms with E-state index in [9.17, 15) is 14.4 Å². The molecule has 0 bridgehead atoms. The van der Waals surface area contributed by atoms with Gasteiger partial charge in [0.15, 0.2) is 0 Å². The first kappa shape index (κ1) is 43.7. The summed E-state index contributed by atoms with van der Waals surface area (Å²) < 4.78 is 9.54. The predicted octanol–water partition coefficient (Wildman–Crippen LogP) is 7.70. The lowest BCUT2D eigenvalue weighted by Gasteiger charge is -2.38. The molecule has 4 saturated carbocycles. The van der Waals surface area contributed by atoms with Gasteiger partial charge in [0, 0.05) is 83.7 Å². The Morgan fingerprint density at radius 2 is 1.11 bits per heavy atom. The number of carbonyl (C=O) groups excluding carboxylic acids is 3. The van der Waals surface area contributed by atoms with E-state index in [2.05, 4.69) is 67.5 Å². The van der Waals surface area contributed by atoms with E-state index in [0.29, 0.717) is 87.8 Å². The molecule has 0 spiro atoms. The number of hydrogen-bond acceptors (Lipinski definition) is 9. The van der Waals surface area contributed by atoms with Crippen LogP contribution in [0.2, 0.25) is 10.0 Å². The van der Waals surface area contributed by atoms with Gasteiger partial charge >= 0.3 is 6.09 Å². The van der Waals surface area contributed by atoms with Crippen molar-refractivity contribution >= 4 is 41.1 Å². The van der Waals surface area contributed by atoms with Crippen LogP contribution in [0.1, 0.15) is 129 Å². The minimum Gasteiger partial charge on any atom is -0.444 e. The third-order valence-electron chi connectivity index (χ3n) is 14.6. The summed E-state index contributed by atoms with van der Waals surface area (Å²) in [6.45, 7) is 13.2. The average Bonchev–Trinajstić information content (AvgIpc) is 3.65. The van der Waals surface area contributed by atoms with Crippen molar-refractivity contribution in [2.45, 2.75) is 115 Å². The number of likely N-dealkylation sites (tertiary alicyclic amines) is 1. The summed E-state index contributed by atoms with van der Waals surface area (Å²) in [7, 11) is 0. The van der Waals surface area contributed by atoms with Gasteiger partial charge in [0.1, 0.15) is 5.60 Å². The minimum atomic E-state index is -0.484. The lowest BCUT2D eigenvalue weighted by molar-refractivity contribution is 0.00783. The molecule has 6 fully saturated rings. The Morgan fingerprint density at radius 3 is 1.48 bits per heavy atom. The zero-order valence-electron chi connectivity index (χ0n) is 36.8. The highest BCUT2D eigenvalue weighted by Gasteiger charge is 2.60. The third-order valence-corrected chi connectivity index (χ3v) is 15.1. The van der Waals surface area contributed by atoms with Crippen LogP contribution in [0, 0.1) is 35.5 Å². The van der Waals surface area contributed by atoms with Crippen molar-refractivity contribution in [1.29, 1.82) is 0 Å². The summed E-state index contributed by atoms with van der Waals surface area (Å²) in [6.07, 6.45) is 10.3. The van der Waals surface area contributed by atoms with Gasteiger partial charge in [-0.2, -0.15) is 0 Å². The molecular weight excluding hydrogens is 839 g/mol. The van der Waals surface area contributed by atoms with E-state index in [1.165, 1.54) is 0 Å². The zero-order chi connectivity index (χ0) is 44.2. The van der Waals surface area contributed by atoms with E-state index in [1.807, 2.05) is 25.5 Å². The van der Waals surface area contributed by atoms with Crippen LogP contribution in [-0.2, 0) is 4.74 Å². The molecule has 4 aliphatic carbocycles. The molecule has 3 N–H and O–H groups in total. The van der Waals surface area contributed by atoms with Gasteiger partial charge in [0.05, 0.1) is 23.5 Å². The predicted molar refractivity (Wildman–Crippen MR) is 240 cm³/mol. The van der Waals surface area contributed by atoms with Gasteiger partial charge in [-0.1, -0.05) is 47.5 Å². The summed E-state index contributed by atoms with van der Waals surface area (Å²) in [4.78, 5) is 39.2. The number of amides is 3. The van der Waals surface area contributed by atoms with Crippen molar-refractivity contribution in [3.63, 3.8) is 0 Å². The third kappa shape index (κ3) is 9.49. The number of benzene rings is 2. The fourth-order valence-electron chi connectivity index (χ4n) is 10.9. The number of hydrogen-bond donors (Lipinski definition) is 3. The van der Waals surface area contributed by atoms with Crippen molar-refractivity contribution in [3.8, 4) is 0 Å². The Kier molecular flexibility index (Phi) is 12.3. The summed E-state index contributed by atoms with van der Waals surface area (Å²) in [6, 6.07) is 15.4. The molecule has 6 aliphatic rings. The number of ether oxygens (including phenoxy) is 1. The average molecular weight is 900 g/mol. The number of fused-ring (bicyclic) bond motifs is 2. The maximum absolute atomic E-state index is 12.7. The molecule has 63 heavy (non-hydrogen) atoms. The van der Waals surface area contributed by atoms with E-state index < -0.39 is 5.60 Å². The zero-order valence-corrected chi connectivity index (χ0v) is 38.3. The summed E-state index contributed by atoms with van der Waals surface area (Å²) in [5.41, 5.74) is 2.91. The number of nitrogens with one attached hydrogen (secondary N) is 3. The smallest absolute Gasteiger partial charge is 0.410 e. The Morgan fingerprint density at radius 1 is 0.698 bits per heavy atom. The quantitative estimate of drug-likeness (QED) is 0.130. The van der Waals surface area contributed by atoms with Crippen molar-refractivity contribution in [2.24, 2.45) is 35.5 Å². The molecule has 10 atom stereocenters. The summed E-state index contributed by atoms with van der Waals surface area (Å²) >= 11 is 11.9. The van der Waals surface area contributed by atoms with Gasteiger partial charge in [-0.25, -0.2) is 14.2 Å². The van der Waals surface area contributed by atoms with E-state index in [1.54, 1.807) is 53.4 Å². The fraction of sp³-hybridized carbons (Fsp3) is 0.596. The monoisotopic (exact) mass is 898 g/mol. The van der Waals surface area contributed by atoms with E-state index in [-0.39, 0.29) is 35.9 Å². The summed E-state index contributed by atoms with van der Waals surface area (Å²) in [5.74, 6) is 4.47. The molecule has 3 amide bonds.